The van der Waals surface area contributed by atoms with Gasteiger partial charge in [-0.25, -0.2) is 0 Å². The number of anilines is 1. The summed E-state index contributed by atoms with van der Waals surface area (Å²) in [6.45, 7) is 10.3. The molecule has 1 aliphatic heterocycles. The van der Waals surface area contributed by atoms with Crippen molar-refractivity contribution in [2.45, 2.75) is 51.5 Å². The van der Waals surface area contributed by atoms with Crippen molar-refractivity contribution in [1.29, 1.82) is 0 Å². The molecule has 146 valence electrons. The minimum atomic E-state index is -0.661. The van der Waals surface area contributed by atoms with E-state index in [9.17, 15) is 4.79 Å². The summed E-state index contributed by atoms with van der Waals surface area (Å²) in [7, 11) is 3.71. The molecular weight excluding hydrogens is 332 g/mol. The first-order valence-electron chi connectivity index (χ1n) is 9.18. The van der Waals surface area contributed by atoms with Crippen LogP contribution in [0, 0.1) is 5.92 Å². The lowest BCUT2D eigenvalue weighted by Gasteiger charge is -2.37. The molecule has 1 N–H and O–H groups in total. The number of amides is 1. The normalized spacial score (nSPS) is 17.2. The quantitative estimate of drug-likeness (QED) is 0.753. The average Bonchev–Trinajstić information content (AvgIpc) is 3.05. The maximum atomic E-state index is 12.8. The molecular formula is C19H32N4O3. The van der Waals surface area contributed by atoms with E-state index in [1.54, 1.807) is 13.1 Å². The summed E-state index contributed by atoms with van der Waals surface area (Å²) < 4.78 is 10.7. The van der Waals surface area contributed by atoms with Gasteiger partial charge in [0.05, 0.1) is 11.2 Å². The predicted molar refractivity (Wildman–Crippen MR) is 103 cm³/mol. The Labute approximate surface area is 156 Å². The lowest BCUT2D eigenvalue weighted by atomic mass is 9.91. The lowest BCUT2D eigenvalue weighted by Crippen LogP contribution is -2.52. The monoisotopic (exact) mass is 364 g/mol. The van der Waals surface area contributed by atoms with Gasteiger partial charge in [0.25, 0.3) is 0 Å². The first-order valence-corrected chi connectivity index (χ1v) is 9.18. The molecule has 0 aromatic carbocycles. The van der Waals surface area contributed by atoms with Crippen LogP contribution in [0.3, 0.4) is 0 Å². The number of aromatic nitrogens is 1. The Morgan fingerprint density at radius 3 is 2.65 bits per heavy atom. The van der Waals surface area contributed by atoms with Crippen LogP contribution < -0.4 is 5.32 Å². The molecule has 0 unspecified atom stereocenters. The standard InChI is InChI=1S/C19H32N4O3/c1-18(2,13-20-5)15-11-16(26-22-15)21-17(24)19(3,4)23(6)12-14-7-9-25-10-8-14/h11,13-14H,7-10,12H2,1-6H3,(H,21,24). The van der Waals surface area contributed by atoms with Crippen LogP contribution >= 0.6 is 0 Å². The molecule has 1 fully saturated rings. The first-order chi connectivity index (χ1) is 12.2. The lowest BCUT2D eigenvalue weighted by molar-refractivity contribution is -0.126. The summed E-state index contributed by atoms with van der Waals surface area (Å²) in [6, 6.07) is 1.76. The van der Waals surface area contributed by atoms with Crippen molar-refractivity contribution in [1.82, 2.24) is 10.1 Å². The van der Waals surface area contributed by atoms with Crippen molar-refractivity contribution in [2.75, 3.05) is 39.2 Å². The Kier molecular flexibility index (Phi) is 6.58. The number of rotatable bonds is 7. The fourth-order valence-corrected chi connectivity index (χ4v) is 3.01. The second kappa shape index (κ2) is 8.31. The Morgan fingerprint density at radius 2 is 2.04 bits per heavy atom. The number of carbonyl (C=O) groups is 1. The molecule has 2 rings (SSSR count). The van der Waals surface area contributed by atoms with Crippen LogP contribution in [0.25, 0.3) is 0 Å². The SMILES string of the molecule is CN=CC(C)(C)c1cc(NC(=O)C(C)(C)N(C)CC2CCOCC2)on1. The summed E-state index contributed by atoms with van der Waals surface area (Å²) in [5.41, 5.74) is -0.283. The summed E-state index contributed by atoms with van der Waals surface area (Å²) in [5.74, 6) is 0.804. The van der Waals surface area contributed by atoms with E-state index < -0.39 is 5.54 Å². The minimum Gasteiger partial charge on any atom is -0.381 e. The second-order valence-electron chi connectivity index (χ2n) is 8.13. The molecule has 0 atom stereocenters. The first kappa shape index (κ1) is 20.6. The van der Waals surface area contributed by atoms with Crippen molar-refractivity contribution >= 4 is 18.0 Å². The highest BCUT2D eigenvalue weighted by Crippen LogP contribution is 2.25. The van der Waals surface area contributed by atoms with E-state index in [0.29, 0.717) is 11.8 Å². The van der Waals surface area contributed by atoms with Crippen LogP contribution in [0.1, 0.15) is 46.2 Å². The van der Waals surface area contributed by atoms with Crippen LogP contribution in [0.5, 0.6) is 0 Å². The predicted octanol–water partition coefficient (Wildman–Crippen LogP) is 2.73. The molecule has 0 spiro atoms. The molecule has 1 aromatic rings. The fourth-order valence-electron chi connectivity index (χ4n) is 3.01. The third-order valence-corrected chi connectivity index (χ3v) is 5.24. The topological polar surface area (TPSA) is 80.0 Å². The molecule has 2 heterocycles. The fraction of sp³-hybridized carbons (Fsp3) is 0.737. The van der Waals surface area contributed by atoms with Crippen molar-refractivity contribution in [3.8, 4) is 0 Å². The molecule has 1 aromatic heterocycles. The molecule has 26 heavy (non-hydrogen) atoms. The Bertz CT molecular complexity index is 630. The van der Waals surface area contributed by atoms with Gasteiger partial charge in [0.15, 0.2) is 0 Å². The van der Waals surface area contributed by atoms with E-state index >= 15 is 0 Å². The molecule has 0 bridgehead atoms. The van der Waals surface area contributed by atoms with Gasteiger partial charge >= 0.3 is 0 Å². The Morgan fingerprint density at radius 1 is 1.38 bits per heavy atom. The Balaban J connectivity index is 2.00. The van der Waals surface area contributed by atoms with Gasteiger partial charge in [-0.3, -0.25) is 20.0 Å². The van der Waals surface area contributed by atoms with Gasteiger partial charge in [0, 0.05) is 44.5 Å². The smallest absolute Gasteiger partial charge is 0.246 e. The largest absolute Gasteiger partial charge is 0.381 e. The third kappa shape index (κ3) is 4.92. The van der Waals surface area contributed by atoms with Crippen LogP contribution in [0.15, 0.2) is 15.6 Å². The third-order valence-electron chi connectivity index (χ3n) is 5.24. The van der Waals surface area contributed by atoms with Gasteiger partial charge in [0.1, 0.15) is 0 Å². The van der Waals surface area contributed by atoms with Crippen molar-refractivity contribution in [3.05, 3.63) is 11.8 Å². The van der Waals surface area contributed by atoms with E-state index in [0.717, 1.165) is 38.3 Å². The maximum absolute atomic E-state index is 12.8. The number of hydrogen-bond acceptors (Lipinski definition) is 6. The van der Waals surface area contributed by atoms with Gasteiger partial charge in [-0.15, -0.1) is 0 Å². The molecule has 0 aliphatic carbocycles. The number of carbonyl (C=O) groups excluding carboxylic acids is 1. The van der Waals surface area contributed by atoms with Gasteiger partial charge in [-0.2, -0.15) is 0 Å². The number of aliphatic imine (C=N–C) groups is 1. The minimum absolute atomic E-state index is 0.114. The highest BCUT2D eigenvalue weighted by Gasteiger charge is 2.34. The second-order valence-corrected chi connectivity index (χ2v) is 8.13. The van der Waals surface area contributed by atoms with Gasteiger partial charge in [0.2, 0.25) is 11.8 Å². The van der Waals surface area contributed by atoms with Crippen LogP contribution in [-0.2, 0) is 14.9 Å². The zero-order chi connectivity index (χ0) is 19.4. The van der Waals surface area contributed by atoms with Crippen molar-refractivity contribution < 1.29 is 14.1 Å². The summed E-state index contributed by atoms with van der Waals surface area (Å²) in [5, 5.41) is 6.93. The van der Waals surface area contributed by atoms with Crippen LogP contribution in [0.2, 0.25) is 0 Å². The highest BCUT2D eigenvalue weighted by atomic mass is 16.5. The molecule has 1 amide bonds. The molecule has 1 saturated heterocycles. The van der Waals surface area contributed by atoms with Crippen molar-refractivity contribution in [2.24, 2.45) is 10.9 Å². The molecule has 0 radical (unpaired) electrons. The van der Waals surface area contributed by atoms with E-state index in [1.807, 2.05) is 41.0 Å². The Hall–Kier alpha value is -1.73. The van der Waals surface area contributed by atoms with Crippen LogP contribution in [0.4, 0.5) is 5.88 Å². The average molecular weight is 364 g/mol. The number of likely N-dealkylation sites (N-methyl/N-ethyl adjacent to an activating group) is 1. The van der Waals surface area contributed by atoms with E-state index in [-0.39, 0.29) is 11.3 Å². The van der Waals surface area contributed by atoms with E-state index in [1.165, 1.54) is 0 Å². The number of ether oxygens (including phenoxy) is 1. The maximum Gasteiger partial charge on any atom is 0.246 e. The zero-order valence-corrected chi connectivity index (χ0v) is 16.8. The summed E-state index contributed by atoms with van der Waals surface area (Å²) in [6.07, 6.45) is 3.89. The van der Waals surface area contributed by atoms with E-state index in [4.69, 9.17) is 9.26 Å². The zero-order valence-electron chi connectivity index (χ0n) is 16.8. The highest BCUT2D eigenvalue weighted by molar-refractivity contribution is 5.96. The number of nitrogens with zero attached hydrogens (tertiary/aromatic N) is 3. The summed E-state index contributed by atoms with van der Waals surface area (Å²) >= 11 is 0. The van der Waals surface area contributed by atoms with Crippen LogP contribution in [-0.4, -0.2) is 61.6 Å². The molecule has 7 heteroatoms. The van der Waals surface area contributed by atoms with E-state index in [2.05, 4.69) is 20.4 Å². The molecule has 0 saturated carbocycles. The van der Waals surface area contributed by atoms with Crippen molar-refractivity contribution in [3.63, 3.8) is 0 Å². The number of nitrogens with one attached hydrogen (secondary N) is 1. The summed E-state index contributed by atoms with van der Waals surface area (Å²) in [4.78, 5) is 19.0. The number of hydrogen-bond donors (Lipinski definition) is 1. The molecule has 7 nitrogen and oxygen atoms in total. The van der Waals surface area contributed by atoms with Gasteiger partial charge in [-0.05, 0) is 53.5 Å². The van der Waals surface area contributed by atoms with Gasteiger partial charge < -0.3 is 9.26 Å². The van der Waals surface area contributed by atoms with Gasteiger partial charge in [-0.1, -0.05) is 5.16 Å². The molecule has 1 aliphatic rings.